The summed E-state index contributed by atoms with van der Waals surface area (Å²) in [4.78, 5) is 12.4. The van der Waals surface area contributed by atoms with Crippen molar-refractivity contribution < 1.29 is 9.53 Å². The van der Waals surface area contributed by atoms with Gasteiger partial charge in [-0.3, -0.25) is 9.48 Å². The van der Waals surface area contributed by atoms with Crippen LogP contribution in [0.3, 0.4) is 0 Å². The van der Waals surface area contributed by atoms with Crippen molar-refractivity contribution in [3.63, 3.8) is 0 Å². The molecule has 3 aromatic carbocycles. The summed E-state index contributed by atoms with van der Waals surface area (Å²) in [5.41, 5.74) is 1.83. The molecular formula is C21H19N3O2. The summed E-state index contributed by atoms with van der Waals surface area (Å²) in [5, 5.41) is 10.5. The SMILES string of the molecule is COc1ccc2c(cnn2CCC(=O)Nc2cccc3ccccc23)c1. The van der Waals surface area contributed by atoms with Crippen molar-refractivity contribution in [1.82, 2.24) is 9.78 Å². The first kappa shape index (κ1) is 16.1. The molecule has 0 bridgehead atoms. The Morgan fingerprint density at radius 1 is 1.08 bits per heavy atom. The Kier molecular flexibility index (Phi) is 4.27. The summed E-state index contributed by atoms with van der Waals surface area (Å²) in [6.07, 6.45) is 2.15. The fourth-order valence-electron chi connectivity index (χ4n) is 3.12. The number of rotatable bonds is 5. The highest BCUT2D eigenvalue weighted by Crippen LogP contribution is 2.23. The first-order chi connectivity index (χ1) is 12.7. The van der Waals surface area contributed by atoms with Crippen LogP contribution < -0.4 is 10.1 Å². The van der Waals surface area contributed by atoms with E-state index in [0.29, 0.717) is 13.0 Å². The zero-order chi connectivity index (χ0) is 17.9. The maximum atomic E-state index is 12.4. The average molecular weight is 345 g/mol. The van der Waals surface area contributed by atoms with E-state index in [-0.39, 0.29) is 5.91 Å². The molecule has 0 aliphatic rings. The van der Waals surface area contributed by atoms with E-state index in [1.165, 1.54) is 0 Å². The van der Waals surface area contributed by atoms with Gasteiger partial charge in [0.05, 0.1) is 25.4 Å². The van der Waals surface area contributed by atoms with Crippen molar-refractivity contribution in [1.29, 1.82) is 0 Å². The predicted octanol–water partition coefficient (Wildman–Crippen LogP) is 4.23. The topological polar surface area (TPSA) is 56.2 Å². The maximum Gasteiger partial charge on any atom is 0.226 e. The minimum Gasteiger partial charge on any atom is -0.497 e. The lowest BCUT2D eigenvalue weighted by molar-refractivity contribution is -0.116. The quantitative estimate of drug-likeness (QED) is 0.589. The molecule has 0 saturated heterocycles. The molecule has 0 saturated carbocycles. The highest BCUT2D eigenvalue weighted by Gasteiger charge is 2.09. The molecule has 5 nitrogen and oxygen atoms in total. The number of aromatic nitrogens is 2. The highest BCUT2D eigenvalue weighted by molar-refractivity contribution is 6.02. The molecule has 0 unspecified atom stereocenters. The lowest BCUT2D eigenvalue weighted by Crippen LogP contribution is -2.15. The number of hydrogen-bond acceptors (Lipinski definition) is 3. The molecule has 0 aliphatic carbocycles. The number of ether oxygens (including phenoxy) is 1. The number of hydrogen-bond donors (Lipinski definition) is 1. The minimum absolute atomic E-state index is 0.0292. The van der Waals surface area contributed by atoms with Crippen LogP contribution in [-0.4, -0.2) is 22.8 Å². The number of carbonyl (C=O) groups excluding carboxylic acids is 1. The van der Waals surface area contributed by atoms with Gasteiger partial charge in [0.15, 0.2) is 0 Å². The number of anilines is 1. The van der Waals surface area contributed by atoms with Crippen LogP contribution in [0.25, 0.3) is 21.7 Å². The van der Waals surface area contributed by atoms with Crippen molar-refractivity contribution >= 4 is 33.3 Å². The van der Waals surface area contributed by atoms with Crippen LogP contribution in [0.5, 0.6) is 5.75 Å². The monoisotopic (exact) mass is 345 g/mol. The summed E-state index contributed by atoms with van der Waals surface area (Å²) in [6.45, 7) is 0.520. The summed E-state index contributed by atoms with van der Waals surface area (Å²) >= 11 is 0. The molecule has 5 heteroatoms. The molecule has 1 heterocycles. The summed E-state index contributed by atoms with van der Waals surface area (Å²) in [7, 11) is 1.64. The second kappa shape index (κ2) is 6.88. The van der Waals surface area contributed by atoms with E-state index in [4.69, 9.17) is 4.74 Å². The standard InChI is InChI=1S/C21H19N3O2/c1-26-17-9-10-20-16(13-17)14-22-24(20)12-11-21(25)23-19-8-4-6-15-5-2-3-7-18(15)19/h2-10,13-14H,11-12H2,1H3,(H,23,25). The van der Waals surface area contributed by atoms with Gasteiger partial charge >= 0.3 is 0 Å². The number of amides is 1. The van der Waals surface area contributed by atoms with Crippen LogP contribution in [0.2, 0.25) is 0 Å². The fourth-order valence-corrected chi connectivity index (χ4v) is 3.12. The predicted molar refractivity (Wildman–Crippen MR) is 103 cm³/mol. The van der Waals surface area contributed by atoms with Crippen molar-refractivity contribution in [3.8, 4) is 5.75 Å². The number of nitrogens with zero attached hydrogens (tertiary/aromatic N) is 2. The van der Waals surface area contributed by atoms with Gasteiger partial charge in [-0.2, -0.15) is 5.10 Å². The zero-order valence-electron chi connectivity index (χ0n) is 14.5. The largest absolute Gasteiger partial charge is 0.497 e. The van der Waals surface area contributed by atoms with E-state index in [9.17, 15) is 4.79 Å². The Balaban J connectivity index is 1.47. The molecule has 4 rings (SSSR count). The molecule has 0 fully saturated rings. The Hall–Kier alpha value is -3.34. The number of benzene rings is 3. The summed E-state index contributed by atoms with van der Waals surface area (Å²) in [6, 6.07) is 19.7. The van der Waals surface area contributed by atoms with Gasteiger partial charge < -0.3 is 10.1 Å². The number of nitrogens with one attached hydrogen (secondary N) is 1. The Labute approximate surface area is 151 Å². The molecular weight excluding hydrogens is 326 g/mol. The van der Waals surface area contributed by atoms with Gasteiger partial charge in [-0.05, 0) is 29.7 Å². The molecule has 1 aromatic heterocycles. The smallest absolute Gasteiger partial charge is 0.226 e. The fraction of sp³-hybridized carbons (Fsp3) is 0.143. The van der Waals surface area contributed by atoms with Gasteiger partial charge in [-0.15, -0.1) is 0 Å². The molecule has 130 valence electrons. The number of fused-ring (bicyclic) bond motifs is 2. The van der Waals surface area contributed by atoms with E-state index in [0.717, 1.165) is 33.1 Å². The van der Waals surface area contributed by atoms with Crippen molar-refractivity contribution in [2.24, 2.45) is 0 Å². The van der Waals surface area contributed by atoms with E-state index < -0.39 is 0 Å². The lowest BCUT2D eigenvalue weighted by atomic mass is 10.1. The first-order valence-corrected chi connectivity index (χ1v) is 8.52. The maximum absolute atomic E-state index is 12.4. The van der Waals surface area contributed by atoms with E-state index in [2.05, 4.69) is 10.4 Å². The van der Waals surface area contributed by atoms with Gasteiger partial charge in [0.2, 0.25) is 5.91 Å². The molecule has 4 aromatic rings. The van der Waals surface area contributed by atoms with Crippen LogP contribution in [0.4, 0.5) is 5.69 Å². The molecule has 1 amide bonds. The van der Waals surface area contributed by atoms with Crippen LogP contribution in [0.15, 0.2) is 66.9 Å². The molecule has 1 N–H and O–H groups in total. The van der Waals surface area contributed by atoms with Gasteiger partial charge in [-0.1, -0.05) is 36.4 Å². The van der Waals surface area contributed by atoms with Crippen molar-refractivity contribution in [3.05, 3.63) is 66.9 Å². The zero-order valence-corrected chi connectivity index (χ0v) is 14.5. The van der Waals surface area contributed by atoms with Crippen LogP contribution >= 0.6 is 0 Å². The molecule has 26 heavy (non-hydrogen) atoms. The number of methoxy groups -OCH3 is 1. The van der Waals surface area contributed by atoms with Crippen LogP contribution in [-0.2, 0) is 11.3 Å². The Bertz CT molecular complexity index is 1080. The number of aryl methyl sites for hydroxylation is 1. The minimum atomic E-state index is -0.0292. The molecule has 0 aliphatic heterocycles. The lowest BCUT2D eigenvalue weighted by Gasteiger charge is -2.09. The van der Waals surface area contributed by atoms with Crippen LogP contribution in [0.1, 0.15) is 6.42 Å². The second-order valence-corrected chi connectivity index (χ2v) is 6.12. The second-order valence-electron chi connectivity index (χ2n) is 6.12. The van der Waals surface area contributed by atoms with Gasteiger partial charge in [0.1, 0.15) is 5.75 Å². The van der Waals surface area contributed by atoms with E-state index in [1.807, 2.05) is 65.3 Å². The Morgan fingerprint density at radius 3 is 2.81 bits per heavy atom. The summed E-state index contributed by atoms with van der Waals surface area (Å²) in [5.74, 6) is 0.768. The molecule has 0 atom stereocenters. The average Bonchev–Trinajstić information content (AvgIpc) is 3.09. The number of carbonyl (C=O) groups is 1. The highest BCUT2D eigenvalue weighted by atomic mass is 16.5. The van der Waals surface area contributed by atoms with Gasteiger partial charge in [-0.25, -0.2) is 0 Å². The van der Waals surface area contributed by atoms with E-state index >= 15 is 0 Å². The normalized spacial score (nSPS) is 11.0. The first-order valence-electron chi connectivity index (χ1n) is 8.52. The third-order valence-electron chi connectivity index (χ3n) is 4.46. The van der Waals surface area contributed by atoms with Gasteiger partial charge in [0, 0.05) is 22.9 Å². The third-order valence-corrected chi connectivity index (χ3v) is 4.46. The summed E-state index contributed by atoms with van der Waals surface area (Å²) < 4.78 is 7.07. The van der Waals surface area contributed by atoms with Crippen molar-refractivity contribution in [2.45, 2.75) is 13.0 Å². The third kappa shape index (κ3) is 3.11. The van der Waals surface area contributed by atoms with E-state index in [1.54, 1.807) is 13.3 Å². The van der Waals surface area contributed by atoms with Gasteiger partial charge in [0.25, 0.3) is 0 Å². The molecule has 0 radical (unpaired) electrons. The Morgan fingerprint density at radius 2 is 1.92 bits per heavy atom. The van der Waals surface area contributed by atoms with Crippen molar-refractivity contribution in [2.75, 3.05) is 12.4 Å². The molecule has 0 spiro atoms. The van der Waals surface area contributed by atoms with Crippen LogP contribution in [0, 0.1) is 0 Å².